The highest BCUT2D eigenvalue weighted by atomic mass is 35.5. The molecule has 0 spiro atoms. The van der Waals surface area contributed by atoms with Gasteiger partial charge < -0.3 is 15.0 Å². The highest BCUT2D eigenvalue weighted by molar-refractivity contribution is 6.32. The Bertz CT molecular complexity index is 823. The smallest absolute Gasteiger partial charge is 0.251 e. The van der Waals surface area contributed by atoms with Crippen molar-refractivity contribution in [3.8, 4) is 5.75 Å². The number of nitrogens with one attached hydrogen (secondary N) is 1. The van der Waals surface area contributed by atoms with Crippen LogP contribution in [-0.2, 0) is 17.8 Å². The van der Waals surface area contributed by atoms with Gasteiger partial charge in [0.2, 0.25) is 5.91 Å². The molecular weight excluding hydrogens is 370 g/mol. The largest absolute Gasteiger partial charge is 0.492 e. The molecule has 0 saturated heterocycles. The van der Waals surface area contributed by atoms with Gasteiger partial charge in [0, 0.05) is 57.7 Å². The van der Waals surface area contributed by atoms with Gasteiger partial charge in [-0.1, -0.05) is 16.8 Å². The van der Waals surface area contributed by atoms with Gasteiger partial charge in [-0.25, -0.2) is 0 Å². The molecule has 0 unspecified atom stereocenters. The number of carbonyl (C=O) groups excluding carboxylic acids is 2. The lowest BCUT2D eigenvalue weighted by Gasteiger charge is -2.17. The van der Waals surface area contributed by atoms with Crippen molar-refractivity contribution in [1.82, 2.24) is 25.2 Å². The molecule has 1 aromatic heterocycles. The summed E-state index contributed by atoms with van der Waals surface area (Å²) in [6.45, 7) is 1.89. The van der Waals surface area contributed by atoms with Gasteiger partial charge in [-0.15, -0.1) is 5.10 Å². The summed E-state index contributed by atoms with van der Waals surface area (Å²) in [5, 5.41) is 11.4. The van der Waals surface area contributed by atoms with Crippen LogP contribution in [0.4, 0.5) is 0 Å². The molecule has 2 amide bonds. The van der Waals surface area contributed by atoms with Crippen molar-refractivity contribution in [2.24, 2.45) is 0 Å². The summed E-state index contributed by atoms with van der Waals surface area (Å²) in [4.78, 5) is 26.1. The number of amides is 2. The van der Waals surface area contributed by atoms with Gasteiger partial charge >= 0.3 is 0 Å². The fourth-order valence-electron chi connectivity index (χ4n) is 2.72. The Balaban J connectivity index is 1.73. The molecule has 9 heteroatoms. The molecule has 0 aliphatic carbocycles. The lowest BCUT2D eigenvalue weighted by molar-refractivity contribution is -0.129. The number of hydrogen-bond acceptors (Lipinski definition) is 5. The maximum Gasteiger partial charge on any atom is 0.251 e. The molecule has 0 radical (unpaired) electrons. The van der Waals surface area contributed by atoms with Crippen LogP contribution in [0, 0.1) is 0 Å². The van der Waals surface area contributed by atoms with Crippen LogP contribution in [0.3, 0.4) is 0 Å². The van der Waals surface area contributed by atoms with Gasteiger partial charge in [-0.2, -0.15) is 0 Å². The number of nitrogens with zero attached hydrogens (tertiary/aromatic N) is 4. The molecule has 0 atom stereocenters. The van der Waals surface area contributed by atoms with E-state index in [1.54, 1.807) is 34.8 Å². The van der Waals surface area contributed by atoms with E-state index in [1.165, 1.54) is 0 Å². The van der Waals surface area contributed by atoms with Gasteiger partial charge in [0.05, 0.1) is 17.3 Å². The molecule has 1 N–H and O–H groups in total. The fraction of sp³-hybridized carbons (Fsp3) is 0.444. The van der Waals surface area contributed by atoms with Crippen LogP contribution in [0.25, 0.3) is 0 Å². The first-order chi connectivity index (χ1) is 13.0. The standard InChI is InChI=1S/C18H22ClN5O3/c1-23-9-7-20-18(26)13-3-5-16(15(19)11-13)27-10-2-8-24-12-14(21-22-24)4-6-17(23)25/h3,5,11-12H,2,4,6-10H2,1H3,(H,20,26). The summed E-state index contributed by atoms with van der Waals surface area (Å²) in [5.41, 5.74) is 1.23. The number of hydrogen-bond donors (Lipinski definition) is 1. The molecule has 1 aromatic carbocycles. The van der Waals surface area contributed by atoms with E-state index in [9.17, 15) is 9.59 Å². The summed E-state index contributed by atoms with van der Waals surface area (Å²) in [7, 11) is 1.72. The lowest BCUT2D eigenvalue weighted by Crippen LogP contribution is -2.36. The van der Waals surface area contributed by atoms with Crippen molar-refractivity contribution in [2.45, 2.75) is 25.8 Å². The van der Waals surface area contributed by atoms with E-state index in [4.69, 9.17) is 16.3 Å². The van der Waals surface area contributed by atoms with E-state index >= 15 is 0 Å². The number of aryl methyl sites for hydroxylation is 2. The number of aromatic nitrogens is 3. The molecule has 0 fully saturated rings. The van der Waals surface area contributed by atoms with Gasteiger partial charge in [0.25, 0.3) is 5.91 Å². The lowest BCUT2D eigenvalue weighted by atomic mass is 10.2. The Morgan fingerprint density at radius 1 is 1.22 bits per heavy atom. The minimum absolute atomic E-state index is 0.00230. The van der Waals surface area contributed by atoms with Gasteiger partial charge in [-0.05, 0) is 18.2 Å². The fourth-order valence-corrected chi connectivity index (χ4v) is 2.96. The normalized spacial score (nSPS) is 16.9. The van der Waals surface area contributed by atoms with E-state index in [1.807, 2.05) is 6.20 Å². The quantitative estimate of drug-likeness (QED) is 0.735. The summed E-state index contributed by atoms with van der Waals surface area (Å²) in [6, 6.07) is 4.94. The maximum atomic E-state index is 12.2. The number of ether oxygens (including phenoxy) is 1. The Hall–Kier alpha value is -2.61. The molecule has 4 rings (SSSR count). The van der Waals surface area contributed by atoms with Crippen molar-refractivity contribution in [2.75, 3.05) is 26.7 Å². The number of benzene rings is 1. The predicted octanol–water partition coefficient (Wildman–Crippen LogP) is 1.53. The predicted molar refractivity (Wildman–Crippen MR) is 99.9 cm³/mol. The topological polar surface area (TPSA) is 89.3 Å². The van der Waals surface area contributed by atoms with Crippen LogP contribution in [0.15, 0.2) is 24.4 Å². The van der Waals surface area contributed by atoms with Crippen molar-refractivity contribution < 1.29 is 14.3 Å². The molecular formula is C18H22ClN5O3. The monoisotopic (exact) mass is 391 g/mol. The summed E-state index contributed by atoms with van der Waals surface area (Å²) in [5.74, 6) is 0.297. The van der Waals surface area contributed by atoms with Crippen molar-refractivity contribution >= 4 is 23.4 Å². The third kappa shape index (κ3) is 5.19. The molecule has 27 heavy (non-hydrogen) atoms. The number of carbonyl (C=O) groups is 2. The molecule has 3 heterocycles. The highest BCUT2D eigenvalue weighted by Crippen LogP contribution is 2.25. The van der Waals surface area contributed by atoms with Crippen molar-refractivity contribution in [3.05, 3.63) is 40.7 Å². The second kappa shape index (κ2) is 8.85. The minimum Gasteiger partial charge on any atom is -0.492 e. The molecule has 4 bridgehead atoms. The zero-order valence-corrected chi connectivity index (χ0v) is 15.9. The molecule has 2 aromatic rings. The van der Waals surface area contributed by atoms with Gasteiger partial charge in [0.15, 0.2) is 0 Å². The van der Waals surface area contributed by atoms with E-state index in [2.05, 4.69) is 15.6 Å². The number of likely N-dealkylation sites (N-methyl/N-ethyl adjacent to an activating group) is 1. The second-order valence-corrected chi connectivity index (χ2v) is 6.80. The Labute approximate surface area is 162 Å². The number of halogens is 1. The minimum atomic E-state index is -0.238. The molecule has 2 aliphatic rings. The summed E-state index contributed by atoms with van der Waals surface area (Å²) < 4.78 is 7.43. The Morgan fingerprint density at radius 3 is 2.89 bits per heavy atom. The van der Waals surface area contributed by atoms with E-state index < -0.39 is 0 Å². The van der Waals surface area contributed by atoms with E-state index in [0.29, 0.717) is 55.4 Å². The number of rotatable bonds is 0. The van der Waals surface area contributed by atoms with Crippen molar-refractivity contribution in [1.29, 1.82) is 0 Å². The first-order valence-electron chi connectivity index (χ1n) is 8.86. The average Bonchev–Trinajstić information content (AvgIpc) is 3.11. The first-order valence-corrected chi connectivity index (χ1v) is 9.24. The maximum absolute atomic E-state index is 12.2. The van der Waals surface area contributed by atoms with Crippen molar-refractivity contribution in [3.63, 3.8) is 0 Å². The third-order valence-electron chi connectivity index (χ3n) is 4.32. The number of fused-ring (bicyclic) bond motifs is 12. The van der Waals surface area contributed by atoms with Gasteiger partial charge in [-0.3, -0.25) is 14.3 Å². The first kappa shape index (κ1) is 19.2. The van der Waals surface area contributed by atoms with Gasteiger partial charge in [0.1, 0.15) is 5.75 Å². The zero-order valence-electron chi connectivity index (χ0n) is 15.2. The third-order valence-corrected chi connectivity index (χ3v) is 4.62. The molecule has 144 valence electrons. The molecule has 0 saturated carbocycles. The van der Waals surface area contributed by atoms with Crippen LogP contribution in [0.1, 0.15) is 28.9 Å². The molecule has 2 aliphatic heterocycles. The van der Waals surface area contributed by atoms with E-state index in [0.717, 1.165) is 12.1 Å². The van der Waals surface area contributed by atoms with Crippen LogP contribution < -0.4 is 10.1 Å². The highest BCUT2D eigenvalue weighted by Gasteiger charge is 2.13. The zero-order chi connectivity index (χ0) is 19.2. The second-order valence-electron chi connectivity index (χ2n) is 6.39. The van der Waals surface area contributed by atoms with E-state index in [-0.39, 0.29) is 11.8 Å². The summed E-state index contributed by atoms with van der Waals surface area (Å²) >= 11 is 6.22. The Kier molecular flexibility index (Phi) is 6.28. The average molecular weight is 392 g/mol. The summed E-state index contributed by atoms with van der Waals surface area (Å²) in [6.07, 6.45) is 3.46. The molecule has 8 nitrogen and oxygen atoms in total. The van der Waals surface area contributed by atoms with Crippen LogP contribution >= 0.6 is 11.6 Å². The van der Waals surface area contributed by atoms with Crippen LogP contribution in [0.2, 0.25) is 5.02 Å². The van der Waals surface area contributed by atoms with Crippen LogP contribution in [0.5, 0.6) is 5.75 Å². The Morgan fingerprint density at radius 2 is 2.07 bits per heavy atom. The SMILES string of the molecule is CN1CCNC(=O)c2ccc(c(Cl)c2)OCCCn2cc(nn2)CCC1=O. The van der Waals surface area contributed by atoms with Crippen LogP contribution in [-0.4, -0.2) is 58.5 Å².